The first-order valence-corrected chi connectivity index (χ1v) is 7.30. The first-order valence-electron chi connectivity index (χ1n) is 7.30. The van der Waals surface area contributed by atoms with Crippen molar-refractivity contribution in [1.82, 2.24) is 14.7 Å². The summed E-state index contributed by atoms with van der Waals surface area (Å²) in [4.78, 5) is 15.5. The van der Waals surface area contributed by atoms with Crippen molar-refractivity contribution in [3.8, 4) is 0 Å². The molecule has 1 aliphatic rings. The molecule has 0 fully saturated rings. The number of guanidine groups is 2. The van der Waals surface area contributed by atoms with E-state index >= 15 is 0 Å². The van der Waals surface area contributed by atoms with E-state index in [9.17, 15) is 0 Å². The molecule has 0 aliphatic carbocycles. The summed E-state index contributed by atoms with van der Waals surface area (Å²) in [5, 5.41) is 0. The molecule has 1 aromatic carbocycles. The van der Waals surface area contributed by atoms with Crippen molar-refractivity contribution in [1.29, 1.82) is 0 Å². The largest absolute Gasteiger partial charge is 0.349 e. The van der Waals surface area contributed by atoms with E-state index in [4.69, 9.17) is 0 Å². The maximum Gasteiger partial charge on any atom is 0.205 e. The van der Waals surface area contributed by atoms with Gasteiger partial charge in [-0.2, -0.15) is 0 Å². The summed E-state index contributed by atoms with van der Waals surface area (Å²) >= 11 is 0. The molecule has 5 heteroatoms. The smallest absolute Gasteiger partial charge is 0.205 e. The number of rotatable bonds is 3. The molecule has 1 aliphatic heterocycles. The van der Waals surface area contributed by atoms with E-state index in [1.807, 2.05) is 43.9 Å². The van der Waals surface area contributed by atoms with Crippen LogP contribution in [0.25, 0.3) is 0 Å². The molecule has 2 rings (SSSR count). The summed E-state index contributed by atoms with van der Waals surface area (Å²) in [6, 6.07) is 10.5. The maximum absolute atomic E-state index is 4.66. The van der Waals surface area contributed by atoms with E-state index in [1.54, 1.807) is 0 Å². The number of aliphatic imine (C=N–C) groups is 2. The van der Waals surface area contributed by atoms with E-state index in [0.29, 0.717) is 0 Å². The molecule has 0 saturated carbocycles. The fourth-order valence-corrected chi connectivity index (χ4v) is 2.44. The Kier molecular flexibility index (Phi) is 4.83. The molecular formula is C16H25N5. The molecule has 0 aromatic heterocycles. The van der Waals surface area contributed by atoms with Crippen LogP contribution in [0.1, 0.15) is 12.5 Å². The van der Waals surface area contributed by atoms with E-state index in [-0.39, 0.29) is 6.17 Å². The Labute approximate surface area is 127 Å². The standard InChI is InChI=1S/C16H25N5/c1-13-17-15(19(2)3)21(5)16(18-13)20(4)12-11-14-9-7-6-8-10-14/h6-10,13H,11-12H2,1-5H3. The fourth-order valence-electron chi connectivity index (χ4n) is 2.44. The van der Waals surface area contributed by atoms with Gasteiger partial charge in [-0.25, -0.2) is 9.98 Å². The third-order valence-electron chi connectivity index (χ3n) is 3.52. The lowest BCUT2D eigenvalue weighted by Crippen LogP contribution is -2.51. The molecule has 1 heterocycles. The van der Waals surface area contributed by atoms with Gasteiger partial charge in [-0.15, -0.1) is 0 Å². The van der Waals surface area contributed by atoms with Crippen LogP contribution in [0.3, 0.4) is 0 Å². The van der Waals surface area contributed by atoms with E-state index < -0.39 is 0 Å². The molecule has 114 valence electrons. The summed E-state index contributed by atoms with van der Waals surface area (Å²) < 4.78 is 0. The lowest BCUT2D eigenvalue weighted by Gasteiger charge is -2.35. The molecule has 0 N–H and O–H groups in total. The predicted molar refractivity (Wildman–Crippen MR) is 88.6 cm³/mol. The number of hydrogen-bond acceptors (Lipinski definition) is 5. The molecule has 21 heavy (non-hydrogen) atoms. The number of likely N-dealkylation sites (N-methyl/N-ethyl adjacent to an activating group) is 1. The average molecular weight is 287 g/mol. The molecule has 0 radical (unpaired) electrons. The van der Waals surface area contributed by atoms with Crippen LogP contribution < -0.4 is 0 Å². The summed E-state index contributed by atoms with van der Waals surface area (Å²) in [6.45, 7) is 2.95. The first-order chi connectivity index (χ1) is 9.99. The van der Waals surface area contributed by atoms with Gasteiger partial charge >= 0.3 is 0 Å². The van der Waals surface area contributed by atoms with Crippen LogP contribution in [0.2, 0.25) is 0 Å². The molecular weight excluding hydrogens is 262 g/mol. The van der Waals surface area contributed by atoms with Crippen molar-refractivity contribution in [2.24, 2.45) is 9.98 Å². The average Bonchev–Trinajstić information content (AvgIpc) is 2.47. The van der Waals surface area contributed by atoms with Gasteiger partial charge in [-0.1, -0.05) is 30.3 Å². The van der Waals surface area contributed by atoms with Crippen molar-refractivity contribution in [3.63, 3.8) is 0 Å². The molecule has 5 nitrogen and oxygen atoms in total. The summed E-state index contributed by atoms with van der Waals surface area (Å²) in [7, 11) is 8.12. The van der Waals surface area contributed by atoms with Gasteiger partial charge in [-0.3, -0.25) is 4.90 Å². The predicted octanol–water partition coefficient (Wildman–Crippen LogP) is 1.73. The zero-order valence-corrected chi connectivity index (χ0v) is 13.6. The van der Waals surface area contributed by atoms with Crippen LogP contribution in [0.15, 0.2) is 40.3 Å². The molecule has 0 amide bonds. The van der Waals surface area contributed by atoms with Crippen LogP contribution >= 0.6 is 0 Å². The highest BCUT2D eigenvalue weighted by atomic mass is 15.5. The second kappa shape index (κ2) is 6.61. The highest BCUT2D eigenvalue weighted by Gasteiger charge is 2.23. The van der Waals surface area contributed by atoms with Crippen LogP contribution in [0, 0.1) is 0 Å². The molecule has 0 bridgehead atoms. The minimum atomic E-state index is -0.0345. The summed E-state index contributed by atoms with van der Waals surface area (Å²) in [6.07, 6.45) is 0.972. The molecule has 1 unspecified atom stereocenters. The zero-order chi connectivity index (χ0) is 15.4. The third-order valence-corrected chi connectivity index (χ3v) is 3.52. The Balaban J connectivity index is 2.03. The molecule has 1 atom stereocenters. The van der Waals surface area contributed by atoms with Gasteiger partial charge in [0, 0.05) is 34.7 Å². The lowest BCUT2D eigenvalue weighted by atomic mass is 10.1. The Morgan fingerprint density at radius 2 is 1.67 bits per heavy atom. The zero-order valence-electron chi connectivity index (χ0n) is 13.6. The minimum absolute atomic E-state index is 0.0345. The Morgan fingerprint density at radius 1 is 1.05 bits per heavy atom. The SMILES string of the molecule is CC1N=C(N(C)C)N(C)C(N(C)CCc2ccccc2)=N1. The first kappa shape index (κ1) is 15.4. The second-order valence-electron chi connectivity index (χ2n) is 5.60. The van der Waals surface area contributed by atoms with Gasteiger partial charge in [0.05, 0.1) is 0 Å². The molecule has 0 saturated heterocycles. The van der Waals surface area contributed by atoms with Crippen molar-refractivity contribution in [2.75, 3.05) is 34.7 Å². The van der Waals surface area contributed by atoms with Crippen molar-refractivity contribution < 1.29 is 0 Å². The van der Waals surface area contributed by atoms with Gasteiger partial charge in [-0.05, 0) is 18.9 Å². The van der Waals surface area contributed by atoms with E-state index in [1.165, 1.54) is 5.56 Å². The van der Waals surface area contributed by atoms with E-state index in [0.717, 1.165) is 24.9 Å². The van der Waals surface area contributed by atoms with Gasteiger partial charge in [0.1, 0.15) is 6.17 Å². The molecule has 1 aromatic rings. The summed E-state index contributed by atoms with van der Waals surface area (Å²) in [5.74, 6) is 1.91. The maximum atomic E-state index is 4.66. The highest BCUT2D eigenvalue weighted by Crippen LogP contribution is 2.10. The Morgan fingerprint density at radius 3 is 2.29 bits per heavy atom. The van der Waals surface area contributed by atoms with Crippen molar-refractivity contribution in [2.45, 2.75) is 19.5 Å². The quantitative estimate of drug-likeness (QED) is 0.849. The highest BCUT2D eigenvalue weighted by molar-refractivity contribution is 5.99. The van der Waals surface area contributed by atoms with Gasteiger partial charge in [0.25, 0.3) is 0 Å². The Hall–Kier alpha value is -2.04. The van der Waals surface area contributed by atoms with Crippen LogP contribution in [-0.2, 0) is 6.42 Å². The molecule has 0 spiro atoms. The normalized spacial score (nSPS) is 18.1. The van der Waals surface area contributed by atoms with Crippen LogP contribution in [0.4, 0.5) is 0 Å². The lowest BCUT2D eigenvalue weighted by molar-refractivity contribution is 0.411. The van der Waals surface area contributed by atoms with E-state index in [2.05, 4.69) is 46.2 Å². The fraction of sp³-hybridized carbons (Fsp3) is 0.500. The topological polar surface area (TPSA) is 34.4 Å². The monoisotopic (exact) mass is 287 g/mol. The third kappa shape index (κ3) is 3.74. The van der Waals surface area contributed by atoms with Gasteiger partial charge in [0.2, 0.25) is 11.9 Å². The van der Waals surface area contributed by atoms with Gasteiger partial charge < -0.3 is 9.80 Å². The number of benzene rings is 1. The number of hydrogen-bond donors (Lipinski definition) is 0. The van der Waals surface area contributed by atoms with Crippen LogP contribution in [-0.4, -0.2) is 67.5 Å². The summed E-state index contributed by atoms with van der Waals surface area (Å²) in [5.41, 5.74) is 1.35. The minimum Gasteiger partial charge on any atom is -0.349 e. The number of nitrogens with zero attached hydrogens (tertiary/aromatic N) is 5. The second-order valence-corrected chi connectivity index (χ2v) is 5.60. The van der Waals surface area contributed by atoms with Gasteiger partial charge in [0.15, 0.2) is 0 Å². The van der Waals surface area contributed by atoms with Crippen molar-refractivity contribution in [3.05, 3.63) is 35.9 Å². The van der Waals surface area contributed by atoms with Crippen molar-refractivity contribution >= 4 is 11.9 Å². The Bertz CT molecular complexity index is 521. The van der Waals surface area contributed by atoms with Crippen LogP contribution in [0.5, 0.6) is 0 Å².